The molecule has 7 atom stereocenters. The number of hydroxylamine groups is 4. The molecule has 14 heteroatoms. The molecule has 3 aromatic carbocycles. The summed E-state index contributed by atoms with van der Waals surface area (Å²) in [4.78, 5) is 39.9. The van der Waals surface area contributed by atoms with Crippen molar-refractivity contribution in [1.82, 2.24) is 10.5 Å². The van der Waals surface area contributed by atoms with E-state index in [0.29, 0.717) is 23.1 Å². The van der Waals surface area contributed by atoms with E-state index in [1.165, 1.54) is 10.5 Å². The largest absolute Gasteiger partial charge is 1.00 e. The number of fused-ring (bicyclic) bond motifs is 2. The van der Waals surface area contributed by atoms with Gasteiger partial charge in [0.2, 0.25) is 0 Å². The van der Waals surface area contributed by atoms with E-state index in [-0.39, 0.29) is 30.6 Å². The van der Waals surface area contributed by atoms with Gasteiger partial charge in [0.05, 0.1) is 6.04 Å². The summed E-state index contributed by atoms with van der Waals surface area (Å²) in [5.41, 5.74) is 3.93. The number of rotatable bonds is 8. The smallest absolute Gasteiger partial charge is 0.340 e. The molecule has 0 radical (unpaired) electrons. The lowest BCUT2D eigenvalue weighted by Gasteiger charge is -2.25. The predicted octanol–water partition coefficient (Wildman–Crippen LogP) is -0.164. The molecule has 0 spiro atoms. The maximum absolute atomic E-state index is 12.1. The molecule has 0 unspecified atom stereocenters. The molecule has 8 N–H and O–H groups in total. The van der Waals surface area contributed by atoms with Crippen LogP contribution in [0.3, 0.4) is 0 Å². The molecular formula is C39H44ClN3O10. The van der Waals surface area contributed by atoms with E-state index in [0.717, 1.165) is 18.3 Å². The average molecular weight is 750 g/mol. The molecule has 4 aliphatic rings. The van der Waals surface area contributed by atoms with Crippen molar-refractivity contribution >= 4 is 17.8 Å². The quantitative estimate of drug-likeness (QED) is 0.0702. The van der Waals surface area contributed by atoms with Crippen LogP contribution in [0.1, 0.15) is 54.3 Å². The van der Waals surface area contributed by atoms with Crippen molar-refractivity contribution in [2.45, 2.75) is 61.9 Å². The predicted molar refractivity (Wildman–Crippen MR) is 187 cm³/mol. The van der Waals surface area contributed by atoms with E-state index >= 15 is 0 Å². The molecule has 1 heterocycles. The summed E-state index contributed by atoms with van der Waals surface area (Å²) < 4.78 is 5.16. The van der Waals surface area contributed by atoms with E-state index in [9.17, 15) is 29.7 Å². The van der Waals surface area contributed by atoms with Gasteiger partial charge in [0.15, 0.2) is 30.5 Å². The highest BCUT2D eigenvalue weighted by Crippen LogP contribution is 2.31. The lowest BCUT2D eigenvalue weighted by molar-refractivity contribution is -0.911. The van der Waals surface area contributed by atoms with Gasteiger partial charge in [-0.3, -0.25) is 19.6 Å². The number of amides is 2. The van der Waals surface area contributed by atoms with Crippen molar-refractivity contribution < 1.29 is 67.6 Å². The van der Waals surface area contributed by atoms with Crippen molar-refractivity contribution in [2.75, 3.05) is 0 Å². The first-order valence-corrected chi connectivity index (χ1v) is 16.7. The van der Waals surface area contributed by atoms with E-state index in [2.05, 4.69) is 24.3 Å². The molecule has 1 aliphatic heterocycles. The summed E-state index contributed by atoms with van der Waals surface area (Å²) in [6.45, 7) is 0. The van der Waals surface area contributed by atoms with Gasteiger partial charge < -0.3 is 32.5 Å². The summed E-state index contributed by atoms with van der Waals surface area (Å²) in [5.74, 6) is -1.93. The third kappa shape index (κ3) is 12.6. The number of carbonyl (C=O) groups is 3. The number of quaternary nitrogens is 1. The second-order valence-electron chi connectivity index (χ2n) is 11.9. The Morgan fingerprint density at radius 2 is 1.28 bits per heavy atom. The van der Waals surface area contributed by atoms with Crippen LogP contribution in [-0.4, -0.2) is 72.9 Å². The minimum atomic E-state index is -1.31. The monoisotopic (exact) mass is 749 g/mol. The van der Waals surface area contributed by atoms with Crippen LogP contribution >= 0.6 is 0 Å². The number of halogens is 1. The Hall–Kier alpha value is -4.96. The van der Waals surface area contributed by atoms with E-state index in [1.807, 2.05) is 24.3 Å². The van der Waals surface area contributed by atoms with Crippen molar-refractivity contribution in [3.05, 3.63) is 156 Å². The molecule has 53 heavy (non-hydrogen) atoms. The van der Waals surface area contributed by atoms with Crippen LogP contribution in [0.4, 0.5) is 0 Å². The van der Waals surface area contributed by atoms with E-state index in [1.54, 1.807) is 91.0 Å². The fourth-order valence-electron chi connectivity index (χ4n) is 5.37. The first-order valence-electron chi connectivity index (χ1n) is 16.7. The molecule has 282 valence electrons. The molecular weight excluding hydrogens is 706 g/mol. The first-order chi connectivity index (χ1) is 25.2. The number of ether oxygens (including phenoxy) is 1. The number of hydrogen-bond acceptors (Lipinski definition) is 10. The maximum atomic E-state index is 12.1. The normalized spacial score (nSPS) is 21.3. The molecule has 0 saturated carbocycles. The summed E-state index contributed by atoms with van der Waals surface area (Å²) in [7, 11) is 0. The topological polar surface area (TPSA) is 203 Å². The number of carbonyl (C=O) groups excluding carboxylic acids is 3. The van der Waals surface area contributed by atoms with E-state index in [4.69, 9.17) is 20.0 Å². The zero-order valence-electron chi connectivity index (χ0n) is 28.6. The van der Waals surface area contributed by atoms with Crippen molar-refractivity contribution in [2.24, 2.45) is 0 Å². The van der Waals surface area contributed by atoms with Gasteiger partial charge in [-0.25, -0.2) is 20.5 Å². The lowest BCUT2D eigenvalue weighted by Crippen LogP contribution is -3.00. The Bertz CT molecular complexity index is 1680. The summed E-state index contributed by atoms with van der Waals surface area (Å²) in [5, 5.41) is 47.5. The van der Waals surface area contributed by atoms with Gasteiger partial charge in [-0.1, -0.05) is 134 Å². The molecule has 13 nitrogen and oxygen atoms in total. The van der Waals surface area contributed by atoms with Crippen LogP contribution in [0, 0.1) is 0 Å². The second-order valence-corrected chi connectivity index (χ2v) is 11.9. The Morgan fingerprint density at radius 1 is 0.755 bits per heavy atom. The summed E-state index contributed by atoms with van der Waals surface area (Å²) in [6, 6.07) is 25.6. The molecule has 3 aromatic rings. The number of hydrogen-bond donors (Lipinski definition) is 7. The molecule has 2 amide bonds. The van der Waals surface area contributed by atoms with Crippen molar-refractivity contribution in [3.63, 3.8) is 0 Å². The number of aliphatic hydroxyl groups is 3. The van der Waals surface area contributed by atoms with Gasteiger partial charge >= 0.3 is 5.97 Å². The molecule has 1 saturated heterocycles. The number of nitrogens with one attached hydrogen (secondary N) is 1. The number of aliphatic hydroxyl groups excluding tert-OH is 3. The SMILES string of the molecule is C1=CCC=C1.O=C(NO)[C@H](O)c1ccccc1.O=C(O[C@H]1C=CC[C@H]1[NH2+]O)[C@H](O)c1ccccc1.O=C([C@H](O)c1ccccc1)N1O[C@@H]2C=C[C@H]1C2.[Cl-]. The average Bonchev–Trinajstić information content (AvgIpc) is 4.06. The van der Waals surface area contributed by atoms with Gasteiger partial charge in [0.25, 0.3) is 11.8 Å². The molecule has 2 bridgehead atoms. The van der Waals surface area contributed by atoms with E-state index < -0.39 is 42.2 Å². The summed E-state index contributed by atoms with van der Waals surface area (Å²) in [6.07, 6.45) is 14.1. The Morgan fingerprint density at radius 3 is 1.72 bits per heavy atom. The van der Waals surface area contributed by atoms with Gasteiger partial charge in [0.1, 0.15) is 6.10 Å². The number of nitrogens with zero attached hydrogens (tertiary/aromatic N) is 1. The zero-order chi connectivity index (χ0) is 37.3. The lowest BCUT2D eigenvalue weighted by atomic mass is 10.1. The fourth-order valence-corrected chi connectivity index (χ4v) is 5.37. The van der Waals surface area contributed by atoms with Crippen LogP contribution in [0.2, 0.25) is 0 Å². The standard InChI is InChI=1S/C13H15NO4.C13H13NO3.C8H9NO3.C5H6.ClH/c15-12(9-5-2-1-3-6-9)13(16)18-11-8-4-7-10(11)14-17;15-12(9-4-2-1-3-5-9)13(16)14-10-6-7-11(8-10)17-14;10-7(8(11)9-12)6-4-2-1-3-5-6;1-2-4-5-3-1;/h1-6,8,10-12,14-15,17H,7H2;1-7,10-12,15H,8H2;1-5,7,10,12H,(H,9,11);1-4H,5H2;1H/t10-,11+,12-;10-,11+,12+;7-;;/m101../s1. The van der Waals surface area contributed by atoms with Gasteiger partial charge in [-0.15, -0.1) is 0 Å². The number of nitrogens with two attached hydrogens (primary N) is 1. The number of esters is 1. The number of allylic oxidation sites excluding steroid dienone is 4. The minimum Gasteiger partial charge on any atom is -1.00 e. The zero-order valence-corrected chi connectivity index (χ0v) is 29.4. The molecule has 7 rings (SSSR count). The third-order valence-corrected chi connectivity index (χ3v) is 8.21. The highest BCUT2D eigenvalue weighted by Gasteiger charge is 2.40. The molecule has 3 aliphatic carbocycles. The van der Waals surface area contributed by atoms with Crippen LogP contribution < -0.4 is 23.4 Å². The molecule has 0 aromatic heterocycles. The second kappa shape index (κ2) is 22.2. The highest BCUT2D eigenvalue weighted by molar-refractivity contribution is 5.82. The fraction of sp³-hybridized carbons (Fsp3) is 0.256. The number of benzene rings is 3. The minimum absolute atomic E-state index is 0. The third-order valence-electron chi connectivity index (χ3n) is 8.21. The Balaban J connectivity index is 0.000000202. The van der Waals surface area contributed by atoms with Gasteiger partial charge in [-0.2, -0.15) is 5.48 Å². The van der Waals surface area contributed by atoms with Gasteiger partial charge in [0, 0.05) is 12.8 Å². The van der Waals surface area contributed by atoms with Crippen molar-refractivity contribution in [1.29, 1.82) is 0 Å². The van der Waals surface area contributed by atoms with Crippen molar-refractivity contribution in [3.8, 4) is 0 Å². The summed E-state index contributed by atoms with van der Waals surface area (Å²) >= 11 is 0. The highest BCUT2D eigenvalue weighted by atomic mass is 35.5. The Kier molecular flexibility index (Phi) is 17.8. The van der Waals surface area contributed by atoms with Gasteiger partial charge in [-0.05, 0) is 29.2 Å². The van der Waals surface area contributed by atoms with Crippen LogP contribution in [-0.2, 0) is 24.0 Å². The maximum Gasteiger partial charge on any atom is 0.340 e. The molecule has 1 fully saturated rings. The Labute approximate surface area is 313 Å². The van der Waals surface area contributed by atoms with Crippen LogP contribution in [0.25, 0.3) is 0 Å². The first kappa shape index (κ1) is 42.5. The van der Waals surface area contributed by atoms with Crippen LogP contribution in [0.15, 0.2) is 140 Å². The van der Waals surface area contributed by atoms with Crippen LogP contribution in [0.5, 0.6) is 0 Å².